The van der Waals surface area contributed by atoms with Crippen LogP contribution in [0, 0.1) is 0 Å². The van der Waals surface area contributed by atoms with Crippen LogP contribution in [-0.4, -0.2) is 8.07 Å². The molecule has 1 heterocycles. The highest BCUT2D eigenvalue weighted by molar-refractivity contribution is 7.13. The molecule has 0 saturated carbocycles. The van der Waals surface area contributed by atoms with Gasteiger partial charge >= 0.3 is 0 Å². The minimum absolute atomic E-state index is 0.547. The second-order valence-corrected chi connectivity index (χ2v) is 13.1. The number of benzene rings is 2. The molecule has 0 amide bonds. The first-order chi connectivity index (χ1) is 10.6. The molecule has 0 saturated heterocycles. The first-order valence-electron chi connectivity index (χ1n) is 7.74. The monoisotopic (exact) mass is 322 g/mol. The molecule has 3 aromatic rings. The van der Waals surface area contributed by atoms with Crippen LogP contribution in [0.15, 0.2) is 72.1 Å². The van der Waals surface area contributed by atoms with Gasteiger partial charge in [-0.25, -0.2) is 0 Å². The maximum absolute atomic E-state index is 2.46. The average molecular weight is 323 g/mol. The van der Waals surface area contributed by atoms with Gasteiger partial charge in [-0.05, 0) is 28.1 Å². The summed E-state index contributed by atoms with van der Waals surface area (Å²) < 4.78 is 0. The fourth-order valence-corrected chi connectivity index (χ4v) is 6.24. The zero-order valence-electron chi connectivity index (χ0n) is 13.4. The lowest BCUT2D eigenvalue weighted by atomic mass is 10.0. The van der Waals surface area contributed by atoms with Crippen molar-refractivity contribution in [3.63, 3.8) is 0 Å². The zero-order chi connectivity index (χ0) is 15.6. The third-order valence-corrected chi connectivity index (χ3v) is 7.37. The van der Waals surface area contributed by atoms with Gasteiger partial charge in [-0.2, -0.15) is 0 Å². The smallest absolute Gasteiger partial charge is 0.0573 e. The molecule has 0 fully saturated rings. The Kier molecular flexibility index (Phi) is 4.32. The van der Waals surface area contributed by atoms with Crippen molar-refractivity contribution < 1.29 is 0 Å². The molecule has 0 spiro atoms. The van der Waals surface area contributed by atoms with E-state index in [-0.39, 0.29) is 0 Å². The highest BCUT2D eigenvalue weighted by atomic mass is 32.1. The van der Waals surface area contributed by atoms with Gasteiger partial charge in [0.15, 0.2) is 0 Å². The van der Waals surface area contributed by atoms with E-state index in [4.69, 9.17) is 0 Å². The molecule has 1 atom stereocenters. The molecule has 3 rings (SSSR count). The van der Waals surface area contributed by atoms with Crippen LogP contribution in [0.3, 0.4) is 0 Å². The summed E-state index contributed by atoms with van der Waals surface area (Å²) in [6, 6.07) is 24.5. The van der Waals surface area contributed by atoms with Gasteiger partial charge in [0.2, 0.25) is 0 Å². The Morgan fingerprint density at radius 1 is 0.727 bits per heavy atom. The van der Waals surface area contributed by atoms with E-state index in [9.17, 15) is 0 Å². The second-order valence-electron chi connectivity index (χ2n) is 6.81. The van der Waals surface area contributed by atoms with E-state index in [0.29, 0.717) is 5.54 Å². The SMILES string of the molecule is C[Si](C)(C)C(c1ccccc1)c1ccc(-c2cccs2)cc1. The van der Waals surface area contributed by atoms with Gasteiger partial charge in [0.25, 0.3) is 0 Å². The summed E-state index contributed by atoms with van der Waals surface area (Å²) in [5.74, 6) is 0. The Morgan fingerprint density at radius 2 is 1.36 bits per heavy atom. The summed E-state index contributed by atoms with van der Waals surface area (Å²) in [6.07, 6.45) is 0. The lowest BCUT2D eigenvalue weighted by Crippen LogP contribution is -2.31. The maximum Gasteiger partial charge on any atom is 0.0573 e. The van der Waals surface area contributed by atoms with E-state index in [0.717, 1.165) is 0 Å². The average Bonchev–Trinajstić information content (AvgIpc) is 3.02. The number of thiophene rings is 1. The number of hydrogen-bond acceptors (Lipinski definition) is 1. The Balaban J connectivity index is 1.99. The van der Waals surface area contributed by atoms with Crippen LogP contribution in [0.2, 0.25) is 19.6 Å². The molecule has 22 heavy (non-hydrogen) atoms. The van der Waals surface area contributed by atoms with Gasteiger partial charge in [0.05, 0.1) is 8.07 Å². The molecule has 0 aliphatic rings. The Hall–Kier alpha value is -1.64. The molecule has 0 nitrogen and oxygen atoms in total. The second kappa shape index (κ2) is 6.23. The summed E-state index contributed by atoms with van der Waals surface area (Å²) >= 11 is 1.80. The topological polar surface area (TPSA) is 0 Å². The van der Waals surface area contributed by atoms with E-state index in [1.807, 2.05) is 0 Å². The van der Waals surface area contributed by atoms with Crippen molar-refractivity contribution in [2.45, 2.75) is 25.2 Å². The third kappa shape index (κ3) is 3.23. The standard InChI is InChI=1S/C20H22SSi/c1-22(2,3)20(17-8-5-4-6-9-17)18-13-11-16(12-14-18)19-10-7-15-21-19/h4-15,20H,1-3H3. The van der Waals surface area contributed by atoms with Crippen LogP contribution in [0.25, 0.3) is 10.4 Å². The van der Waals surface area contributed by atoms with E-state index in [1.54, 1.807) is 11.3 Å². The highest BCUT2D eigenvalue weighted by Gasteiger charge is 2.29. The van der Waals surface area contributed by atoms with Crippen molar-refractivity contribution in [2.75, 3.05) is 0 Å². The first kappa shape index (κ1) is 15.3. The summed E-state index contributed by atoms with van der Waals surface area (Å²) in [4.78, 5) is 1.34. The molecule has 2 aromatic carbocycles. The van der Waals surface area contributed by atoms with E-state index < -0.39 is 8.07 Å². The van der Waals surface area contributed by atoms with Gasteiger partial charge in [0.1, 0.15) is 0 Å². The first-order valence-corrected chi connectivity index (χ1v) is 12.2. The van der Waals surface area contributed by atoms with Gasteiger partial charge in [-0.1, -0.05) is 80.3 Å². The molecule has 0 aliphatic heterocycles. The van der Waals surface area contributed by atoms with Crippen LogP contribution >= 0.6 is 11.3 Å². The molecule has 112 valence electrons. The normalized spacial score (nSPS) is 13.0. The third-order valence-electron chi connectivity index (χ3n) is 4.05. The fraction of sp³-hybridized carbons (Fsp3) is 0.200. The molecule has 0 radical (unpaired) electrons. The van der Waals surface area contributed by atoms with Gasteiger partial charge in [-0.3, -0.25) is 0 Å². The van der Waals surface area contributed by atoms with Crippen LogP contribution in [0.1, 0.15) is 16.7 Å². The minimum Gasteiger partial charge on any atom is -0.144 e. The molecule has 0 N–H and O–H groups in total. The van der Waals surface area contributed by atoms with Crippen LogP contribution in [-0.2, 0) is 0 Å². The molecule has 0 bridgehead atoms. The van der Waals surface area contributed by atoms with Crippen LogP contribution in [0.4, 0.5) is 0 Å². The van der Waals surface area contributed by atoms with Gasteiger partial charge in [-0.15, -0.1) is 11.3 Å². The van der Waals surface area contributed by atoms with Crippen LogP contribution in [0.5, 0.6) is 0 Å². The predicted molar refractivity (Wildman–Crippen MR) is 101 cm³/mol. The summed E-state index contributed by atoms with van der Waals surface area (Å²) in [7, 11) is -1.35. The van der Waals surface area contributed by atoms with E-state index >= 15 is 0 Å². The quantitative estimate of drug-likeness (QED) is 0.486. The molecule has 2 heteroatoms. The maximum atomic E-state index is 2.46. The minimum atomic E-state index is -1.35. The van der Waals surface area contributed by atoms with E-state index in [1.165, 1.54) is 21.6 Å². The lowest BCUT2D eigenvalue weighted by molar-refractivity contribution is 1.07. The van der Waals surface area contributed by atoms with Crippen molar-refractivity contribution in [1.29, 1.82) is 0 Å². The number of rotatable bonds is 4. The molecular weight excluding hydrogens is 300 g/mol. The summed E-state index contributed by atoms with van der Waals surface area (Å²) in [5.41, 5.74) is 4.77. The van der Waals surface area contributed by atoms with Gasteiger partial charge < -0.3 is 0 Å². The largest absolute Gasteiger partial charge is 0.144 e. The van der Waals surface area contributed by atoms with Crippen molar-refractivity contribution in [3.05, 3.63) is 83.2 Å². The molecule has 0 aliphatic carbocycles. The molecule has 1 aromatic heterocycles. The Morgan fingerprint density at radius 3 is 1.91 bits per heavy atom. The summed E-state index contributed by atoms with van der Waals surface area (Å²) in [5, 5.41) is 2.14. The van der Waals surface area contributed by atoms with Crippen molar-refractivity contribution in [3.8, 4) is 10.4 Å². The summed E-state index contributed by atoms with van der Waals surface area (Å²) in [6.45, 7) is 7.37. The van der Waals surface area contributed by atoms with Crippen molar-refractivity contribution in [2.24, 2.45) is 0 Å². The lowest BCUT2D eigenvalue weighted by Gasteiger charge is -2.30. The van der Waals surface area contributed by atoms with Crippen LogP contribution < -0.4 is 0 Å². The molecule has 1 unspecified atom stereocenters. The zero-order valence-corrected chi connectivity index (χ0v) is 15.2. The predicted octanol–water partition coefficient (Wildman–Crippen LogP) is 6.42. The van der Waals surface area contributed by atoms with Crippen molar-refractivity contribution in [1.82, 2.24) is 0 Å². The number of hydrogen-bond donors (Lipinski definition) is 0. The Labute approximate surface area is 138 Å². The van der Waals surface area contributed by atoms with Gasteiger partial charge in [0, 0.05) is 10.4 Å². The molecular formula is C20H22SSi. The van der Waals surface area contributed by atoms with Crippen molar-refractivity contribution >= 4 is 19.4 Å². The highest BCUT2D eigenvalue weighted by Crippen LogP contribution is 2.35. The fourth-order valence-electron chi connectivity index (χ4n) is 3.12. The Bertz CT molecular complexity index is 707. The van der Waals surface area contributed by atoms with E-state index in [2.05, 4.69) is 91.8 Å².